The number of aromatic hydroxyl groups is 1. The van der Waals surface area contributed by atoms with Crippen molar-refractivity contribution in [2.75, 3.05) is 29.7 Å². The Morgan fingerprint density at radius 1 is 1.08 bits per heavy atom. The molecule has 2 atom stereocenters. The van der Waals surface area contributed by atoms with Gasteiger partial charge in [0, 0.05) is 10.6 Å². The fourth-order valence-corrected chi connectivity index (χ4v) is 4.23. The molecule has 0 unspecified atom stereocenters. The molecule has 0 aromatic heterocycles. The highest BCUT2D eigenvalue weighted by molar-refractivity contribution is 7.98. The van der Waals surface area contributed by atoms with Gasteiger partial charge in [0.1, 0.15) is 6.10 Å². The predicted octanol–water partition coefficient (Wildman–Crippen LogP) is 6.61. The molecule has 0 heterocycles. The van der Waals surface area contributed by atoms with Crippen LogP contribution in [0.1, 0.15) is 31.4 Å². The average Bonchev–Trinajstić information content (AvgIpc) is 2.91. The summed E-state index contributed by atoms with van der Waals surface area (Å²) in [7, 11) is 1.47. The SMILES string of the molecule is COc1ccc([C@@H](OC(=O)Nc2ccc(SC)cc2)[C@H](C)CC/C=C/C(=O)Nc2ccccc2N)cc1O. The van der Waals surface area contributed by atoms with Crippen LogP contribution >= 0.6 is 11.8 Å². The number of nitrogen functional groups attached to an aromatic ring is 1. The first kappa shape index (κ1) is 28.5. The smallest absolute Gasteiger partial charge is 0.412 e. The number of nitrogens with one attached hydrogen (secondary N) is 2. The predicted molar refractivity (Wildman–Crippen MR) is 153 cm³/mol. The standard InChI is InChI=1S/C29H33N3O5S/c1-19(8-4-7-11-27(34)32-24-10-6-5-9-23(24)30)28(20-12-17-26(36-2)25(33)18-20)37-29(35)31-21-13-15-22(38-3)16-14-21/h5-7,9-19,28,33H,4,8,30H2,1-3H3,(H,31,35)(H,32,34)/b11-7+/t19-,28+/m1/s1. The van der Waals surface area contributed by atoms with Crippen molar-refractivity contribution >= 4 is 40.8 Å². The van der Waals surface area contributed by atoms with Gasteiger partial charge < -0.3 is 25.6 Å². The van der Waals surface area contributed by atoms with Gasteiger partial charge >= 0.3 is 6.09 Å². The van der Waals surface area contributed by atoms with Crippen LogP contribution in [-0.2, 0) is 9.53 Å². The molecule has 5 N–H and O–H groups in total. The van der Waals surface area contributed by atoms with Gasteiger partial charge in [-0.1, -0.05) is 31.2 Å². The zero-order valence-corrected chi connectivity index (χ0v) is 22.5. The summed E-state index contributed by atoms with van der Waals surface area (Å²) in [6, 6.07) is 19.4. The molecule has 3 aromatic carbocycles. The Balaban J connectivity index is 1.66. The third-order valence-electron chi connectivity index (χ3n) is 5.90. The van der Waals surface area contributed by atoms with E-state index in [2.05, 4.69) is 10.6 Å². The number of ether oxygens (including phenoxy) is 2. The fourth-order valence-electron chi connectivity index (χ4n) is 3.82. The van der Waals surface area contributed by atoms with E-state index in [0.717, 1.165) is 4.90 Å². The van der Waals surface area contributed by atoms with Crippen molar-refractivity contribution in [3.05, 3.63) is 84.4 Å². The van der Waals surface area contributed by atoms with Gasteiger partial charge in [0.25, 0.3) is 0 Å². The summed E-state index contributed by atoms with van der Waals surface area (Å²) in [4.78, 5) is 26.1. The molecular formula is C29H33N3O5S. The number of hydrogen-bond donors (Lipinski definition) is 4. The van der Waals surface area contributed by atoms with Crippen LogP contribution in [0.25, 0.3) is 0 Å². The lowest BCUT2D eigenvalue weighted by Gasteiger charge is -2.25. The van der Waals surface area contributed by atoms with Gasteiger partial charge in [-0.25, -0.2) is 4.79 Å². The van der Waals surface area contributed by atoms with E-state index in [1.807, 2.05) is 37.4 Å². The molecule has 0 saturated carbocycles. The number of hydrogen-bond acceptors (Lipinski definition) is 7. The monoisotopic (exact) mass is 535 g/mol. The Kier molecular flexibility index (Phi) is 10.5. The molecule has 0 aliphatic carbocycles. The van der Waals surface area contributed by atoms with Crippen molar-refractivity contribution in [3.63, 3.8) is 0 Å². The first-order valence-corrected chi connectivity index (χ1v) is 13.3. The number of nitrogens with two attached hydrogens (primary N) is 1. The van der Waals surface area contributed by atoms with Crippen molar-refractivity contribution in [1.29, 1.82) is 0 Å². The number of methoxy groups -OCH3 is 1. The molecule has 3 rings (SSSR count). The van der Waals surface area contributed by atoms with Gasteiger partial charge in [0.15, 0.2) is 11.5 Å². The second-order valence-electron chi connectivity index (χ2n) is 8.64. The molecule has 0 aliphatic heterocycles. The molecule has 9 heteroatoms. The van der Waals surface area contributed by atoms with E-state index in [4.69, 9.17) is 15.2 Å². The molecule has 0 aliphatic rings. The minimum Gasteiger partial charge on any atom is -0.504 e. The molecule has 0 fully saturated rings. The number of carbonyl (C=O) groups excluding carboxylic acids is 2. The molecule has 2 amide bonds. The number of para-hydroxylation sites is 2. The second kappa shape index (κ2) is 14.0. The number of phenolic OH excluding ortho intramolecular Hbond substituents is 1. The Morgan fingerprint density at radius 2 is 1.82 bits per heavy atom. The van der Waals surface area contributed by atoms with Gasteiger partial charge in [-0.2, -0.15) is 0 Å². The quantitative estimate of drug-likeness (QED) is 0.124. The van der Waals surface area contributed by atoms with E-state index in [-0.39, 0.29) is 17.6 Å². The lowest BCUT2D eigenvalue weighted by molar-refractivity contribution is -0.111. The lowest BCUT2D eigenvalue weighted by Crippen LogP contribution is -2.22. The summed E-state index contributed by atoms with van der Waals surface area (Å²) < 4.78 is 11.0. The van der Waals surface area contributed by atoms with Crippen molar-refractivity contribution in [2.24, 2.45) is 5.92 Å². The number of benzene rings is 3. The van der Waals surface area contributed by atoms with E-state index in [1.54, 1.807) is 54.2 Å². The number of allylic oxidation sites excluding steroid dienone is 1. The van der Waals surface area contributed by atoms with Gasteiger partial charge in [-0.3, -0.25) is 10.1 Å². The first-order chi connectivity index (χ1) is 18.3. The average molecular weight is 536 g/mol. The van der Waals surface area contributed by atoms with Crippen LogP contribution in [0, 0.1) is 5.92 Å². The second-order valence-corrected chi connectivity index (χ2v) is 9.52. The number of rotatable bonds is 11. The number of amides is 2. The highest BCUT2D eigenvalue weighted by atomic mass is 32.2. The van der Waals surface area contributed by atoms with Gasteiger partial charge in [0.05, 0.1) is 18.5 Å². The molecule has 0 spiro atoms. The van der Waals surface area contributed by atoms with Crippen molar-refractivity contribution in [3.8, 4) is 11.5 Å². The summed E-state index contributed by atoms with van der Waals surface area (Å²) in [5, 5.41) is 15.8. The van der Waals surface area contributed by atoms with Crippen LogP contribution in [0.5, 0.6) is 11.5 Å². The molecule has 200 valence electrons. The Labute approximate surface area is 227 Å². The zero-order valence-electron chi connectivity index (χ0n) is 21.6. The number of anilines is 3. The zero-order chi connectivity index (χ0) is 27.5. The van der Waals surface area contributed by atoms with Crippen LogP contribution in [0.15, 0.2) is 83.8 Å². The fraction of sp³-hybridized carbons (Fsp3) is 0.241. The van der Waals surface area contributed by atoms with Crippen LogP contribution in [0.2, 0.25) is 0 Å². The van der Waals surface area contributed by atoms with Gasteiger partial charge in [-0.05, 0) is 85.2 Å². The third-order valence-corrected chi connectivity index (χ3v) is 6.64. The molecule has 0 bridgehead atoms. The number of carbonyl (C=O) groups is 2. The summed E-state index contributed by atoms with van der Waals surface area (Å²) in [5.41, 5.74) is 8.16. The van der Waals surface area contributed by atoms with E-state index >= 15 is 0 Å². The minimum absolute atomic E-state index is 0.0457. The molecule has 38 heavy (non-hydrogen) atoms. The van der Waals surface area contributed by atoms with Crippen LogP contribution < -0.4 is 21.1 Å². The summed E-state index contributed by atoms with van der Waals surface area (Å²) in [5.74, 6) is -0.137. The number of thioether (sulfide) groups is 1. The van der Waals surface area contributed by atoms with Crippen molar-refractivity contribution in [1.82, 2.24) is 0 Å². The van der Waals surface area contributed by atoms with Gasteiger partial charge in [0.2, 0.25) is 5.91 Å². The Bertz CT molecular complexity index is 1260. The Morgan fingerprint density at radius 3 is 2.47 bits per heavy atom. The normalized spacial score (nSPS) is 12.5. The summed E-state index contributed by atoms with van der Waals surface area (Å²) >= 11 is 1.61. The third kappa shape index (κ3) is 8.21. The maximum atomic E-state index is 12.8. The van der Waals surface area contributed by atoms with Crippen LogP contribution in [0.3, 0.4) is 0 Å². The van der Waals surface area contributed by atoms with Crippen molar-refractivity contribution < 1.29 is 24.2 Å². The van der Waals surface area contributed by atoms with E-state index in [0.29, 0.717) is 41.2 Å². The molecule has 8 nitrogen and oxygen atoms in total. The molecule has 0 saturated heterocycles. The van der Waals surface area contributed by atoms with Crippen LogP contribution in [-0.4, -0.2) is 30.5 Å². The van der Waals surface area contributed by atoms with E-state index < -0.39 is 12.2 Å². The van der Waals surface area contributed by atoms with E-state index in [1.165, 1.54) is 19.3 Å². The first-order valence-electron chi connectivity index (χ1n) is 12.1. The van der Waals surface area contributed by atoms with E-state index in [9.17, 15) is 14.7 Å². The number of phenols is 1. The maximum Gasteiger partial charge on any atom is 0.412 e. The minimum atomic E-state index is -0.649. The maximum absolute atomic E-state index is 12.8. The Hall–Kier alpha value is -4.11. The van der Waals surface area contributed by atoms with Crippen LogP contribution in [0.4, 0.5) is 21.9 Å². The lowest BCUT2D eigenvalue weighted by atomic mass is 9.92. The highest BCUT2D eigenvalue weighted by Crippen LogP contribution is 2.35. The summed E-state index contributed by atoms with van der Waals surface area (Å²) in [6.45, 7) is 1.95. The van der Waals surface area contributed by atoms with Gasteiger partial charge in [-0.15, -0.1) is 11.8 Å². The molecule has 3 aromatic rings. The molecular weight excluding hydrogens is 502 g/mol. The highest BCUT2D eigenvalue weighted by Gasteiger charge is 2.24. The van der Waals surface area contributed by atoms with Crippen molar-refractivity contribution in [2.45, 2.75) is 30.8 Å². The largest absolute Gasteiger partial charge is 0.504 e. The topological polar surface area (TPSA) is 123 Å². The molecule has 0 radical (unpaired) electrons. The summed E-state index contributed by atoms with van der Waals surface area (Å²) in [6.07, 6.45) is 5.13.